The van der Waals surface area contributed by atoms with Gasteiger partial charge in [-0.25, -0.2) is 4.98 Å². The fourth-order valence-electron chi connectivity index (χ4n) is 2.45. The molecule has 0 amide bonds. The van der Waals surface area contributed by atoms with E-state index in [0.29, 0.717) is 5.15 Å². The maximum Gasteiger partial charge on any atom is 0.129 e. The number of pyridine rings is 1. The summed E-state index contributed by atoms with van der Waals surface area (Å²) in [5.41, 5.74) is 1.24. The van der Waals surface area contributed by atoms with Gasteiger partial charge >= 0.3 is 0 Å². The van der Waals surface area contributed by atoms with Crippen LogP contribution in [0.5, 0.6) is 0 Å². The highest BCUT2D eigenvalue weighted by Crippen LogP contribution is 2.31. The summed E-state index contributed by atoms with van der Waals surface area (Å²) in [6, 6.07) is 4.65. The number of hydrogen-bond acceptors (Lipinski definition) is 3. The highest BCUT2D eigenvalue weighted by atomic mass is 35.5. The van der Waals surface area contributed by atoms with E-state index in [4.69, 9.17) is 11.6 Å². The van der Waals surface area contributed by atoms with Crippen molar-refractivity contribution in [3.8, 4) is 0 Å². The Kier molecular flexibility index (Phi) is 4.71. The Morgan fingerprint density at radius 2 is 2.29 bits per heavy atom. The Balaban J connectivity index is 1.89. The Morgan fingerprint density at radius 1 is 1.47 bits per heavy atom. The van der Waals surface area contributed by atoms with Crippen LogP contribution in [0.2, 0.25) is 5.15 Å². The first-order chi connectivity index (χ1) is 8.19. The summed E-state index contributed by atoms with van der Waals surface area (Å²) >= 11 is 7.79. The van der Waals surface area contributed by atoms with Gasteiger partial charge in [0.25, 0.3) is 0 Å². The van der Waals surface area contributed by atoms with Crippen molar-refractivity contribution < 1.29 is 0 Å². The van der Waals surface area contributed by atoms with Gasteiger partial charge in [-0.2, -0.15) is 11.8 Å². The van der Waals surface area contributed by atoms with Crippen LogP contribution in [-0.4, -0.2) is 34.5 Å². The molecule has 1 aromatic heterocycles. The fraction of sp³-hybridized carbons (Fsp3) is 0.615. The number of aromatic nitrogens is 1. The Bertz CT molecular complexity index is 355. The van der Waals surface area contributed by atoms with Gasteiger partial charge in [-0.05, 0) is 44.2 Å². The molecule has 1 aromatic rings. The van der Waals surface area contributed by atoms with Crippen LogP contribution in [0.15, 0.2) is 18.3 Å². The van der Waals surface area contributed by atoms with Crippen LogP contribution in [0.4, 0.5) is 0 Å². The monoisotopic (exact) mass is 270 g/mol. The molecular weight excluding hydrogens is 252 g/mol. The lowest BCUT2D eigenvalue weighted by Gasteiger charge is -2.24. The molecule has 1 saturated carbocycles. The molecule has 94 valence electrons. The molecule has 2 atom stereocenters. The van der Waals surface area contributed by atoms with Crippen LogP contribution in [-0.2, 0) is 6.54 Å². The van der Waals surface area contributed by atoms with Crippen molar-refractivity contribution >= 4 is 23.4 Å². The maximum atomic E-state index is 5.79. The lowest BCUT2D eigenvalue weighted by atomic mass is 10.2. The molecule has 1 fully saturated rings. The SMILES string of the molecule is CS[C@@H]1CC[C@H](N(C)Cc2ccc(Cl)nc2)C1. The second kappa shape index (κ2) is 6.07. The van der Waals surface area contributed by atoms with Gasteiger partial charge in [0.15, 0.2) is 0 Å². The predicted molar refractivity (Wildman–Crippen MR) is 75.7 cm³/mol. The van der Waals surface area contributed by atoms with E-state index in [1.807, 2.05) is 24.0 Å². The van der Waals surface area contributed by atoms with Gasteiger partial charge < -0.3 is 0 Å². The summed E-state index contributed by atoms with van der Waals surface area (Å²) < 4.78 is 0. The van der Waals surface area contributed by atoms with Crippen molar-refractivity contribution in [1.82, 2.24) is 9.88 Å². The maximum absolute atomic E-state index is 5.79. The average molecular weight is 271 g/mol. The van der Waals surface area contributed by atoms with E-state index in [2.05, 4.69) is 29.3 Å². The van der Waals surface area contributed by atoms with Crippen molar-refractivity contribution in [1.29, 1.82) is 0 Å². The summed E-state index contributed by atoms with van der Waals surface area (Å²) in [4.78, 5) is 6.57. The first kappa shape index (κ1) is 13.2. The highest BCUT2D eigenvalue weighted by Gasteiger charge is 2.26. The molecule has 0 N–H and O–H groups in total. The smallest absolute Gasteiger partial charge is 0.129 e. The van der Waals surface area contributed by atoms with Gasteiger partial charge in [-0.1, -0.05) is 17.7 Å². The standard InChI is InChI=1S/C13H19ClN2S/c1-16(11-4-5-12(7-11)17-2)9-10-3-6-13(14)15-8-10/h3,6,8,11-12H,4-5,7,9H2,1-2H3/t11-,12+/m0/s1. The molecular formula is C13H19ClN2S. The third-order valence-corrected chi connectivity index (χ3v) is 4.85. The number of nitrogens with zero attached hydrogens (tertiary/aromatic N) is 2. The largest absolute Gasteiger partial charge is 0.299 e. The Hall–Kier alpha value is -0.250. The summed E-state index contributed by atoms with van der Waals surface area (Å²) in [6.07, 6.45) is 8.09. The van der Waals surface area contributed by atoms with E-state index in [0.717, 1.165) is 17.8 Å². The topological polar surface area (TPSA) is 16.1 Å². The zero-order valence-corrected chi connectivity index (χ0v) is 12.0. The number of halogens is 1. The summed E-state index contributed by atoms with van der Waals surface area (Å²) in [5, 5.41) is 1.42. The molecule has 0 radical (unpaired) electrons. The second-order valence-corrected chi connectivity index (χ2v) is 6.25. The Labute approximate surface area is 113 Å². The molecule has 4 heteroatoms. The lowest BCUT2D eigenvalue weighted by molar-refractivity contribution is 0.237. The number of hydrogen-bond donors (Lipinski definition) is 0. The van der Waals surface area contributed by atoms with Gasteiger partial charge in [-0.3, -0.25) is 4.90 Å². The van der Waals surface area contributed by atoms with Crippen LogP contribution >= 0.6 is 23.4 Å². The van der Waals surface area contributed by atoms with E-state index < -0.39 is 0 Å². The molecule has 2 rings (SSSR count). The first-order valence-corrected chi connectivity index (χ1v) is 7.69. The molecule has 0 unspecified atom stereocenters. The van der Waals surface area contributed by atoms with E-state index in [1.54, 1.807) is 0 Å². The quantitative estimate of drug-likeness (QED) is 0.780. The van der Waals surface area contributed by atoms with Gasteiger partial charge in [0.2, 0.25) is 0 Å². The van der Waals surface area contributed by atoms with E-state index in [-0.39, 0.29) is 0 Å². The van der Waals surface area contributed by atoms with E-state index >= 15 is 0 Å². The summed E-state index contributed by atoms with van der Waals surface area (Å²) in [5.74, 6) is 0. The molecule has 1 heterocycles. The lowest BCUT2D eigenvalue weighted by Crippen LogP contribution is -2.29. The van der Waals surface area contributed by atoms with Crippen molar-refractivity contribution in [3.63, 3.8) is 0 Å². The number of thioether (sulfide) groups is 1. The average Bonchev–Trinajstić information content (AvgIpc) is 2.81. The Morgan fingerprint density at radius 3 is 2.88 bits per heavy atom. The molecule has 0 aliphatic heterocycles. The zero-order valence-electron chi connectivity index (χ0n) is 10.4. The number of rotatable bonds is 4. The molecule has 0 saturated heterocycles. The molecule has 17 heavy (non-hydrogen) atoms. The fourth-order valence-corrected chi connectivity index (χ4v) is 3.35. The zero-order chi connectivity index (χ0) is 12.3. The van der Waals surface area contributed by atoms with E-state index in [9.17, 15) is 0 Å². The third kappa shape index (κ3) is 3.60. The molecule has 2 nitrogen and oxygen atoms in total. The van der Waals surface area contributed by atoms with Gasteiger partial charge in [0.1, 0.15) is 5.15 Å². The third-order valence-electron chi connectivity index (χ3n) is 3.53. The molecule has 0 spiro atoms. The van der Waals surface area contributed by atoms with Crippen molar-refractivity contribution in [3.05, 3.63) is 29.0 Å². The van der Waals surface area contributed by atoms with Crippen LogP contribution < -0.4 is 0 Å². The predicted octanol–water partition coefficient (Wildman–Crippen LogP) is 3.45. The van der Waals surface area contributed by atoms with Crippen molar-refractivity contribution in [2.24, 2.45) is 0 Å². The summed E-state index contributed by atoms with van der Waals surface area (Å²) in [6.45, 7) is 0.968. The normalized spacial score (nSPS) is 24.5. The van der Waals surface area contributed by atoms with Gasteiger partial charge in [-0.15, -0.1) is 0 Å². The molecule has 1 aliphatic carbocycles. The van der Waals surface area contributed by atoms with Gasteiger partial charge in [0.05, 0.1) is 0 Å². The van der Waals surface area contributed by atoms with Crippen molar-refractivity contribution in [2.75, 3.05) is 13.3 Å². The minimum Gasteiger partial charge on any atom is -0.299 e. The molecule has 0 bridgehead atoms. The first-order valence-electron chi connectivity index (χ1n) is 6.02. The van der Waals surface area contributed by atoms with Crippen LogP contribution in [0.3, 0.4) is 0 Å². The van der Waals surface area contributed by atoms with Crippen molar-refractivity contribution in [2.45, 2.75) is 37.1 Å². The molecule has 1 aliphatic rings. The van der Waals surface area contributed by atoms with Crippen LogP contribution in [0.25, 0.3) is 0 Å². The summed E-state index contributed by atoms with van der Waals surface area (Å²) in [7, 11) is 2.21. The van der Waals surface area contributed by atoms with E-state index in [1.165, 1.54) is 24.8 Å². The molecule has 0 aromatic carbocycles. The van der Waals surface area contributed by atoms with Gasteiger partial charge in [0, 0.05) is 24.0 Å². The van der Waals surface area contributed by atoms with Crippen LogP contribution in [0.1, 0.15) is 24.8 Å². The second-order valence-electron chi connectivity index (χ2n) is 4.73. The van der Waals surface area contributed by atoms with Crippen LogP contribution in [0, 0.1) is 0 Å². The minimum atomic E-state index is 0.569. The highest BCUT2D eigenvalue weighted by molar-refractivity contribution is 7.99. The minimum absolute atomic E-state index is 0.569.